The first-order chi connectivity index (χ1) is 13.5. The summed E-state index contributed by atoms with van der Waals surface area (Å²) in [6, 6.07) is 18.5. The van der Waals surface area contributed by atoms with E-state index in [0.717, 1.165) is 24.1 Å². The number of nitro groups is 1. The molecule has 0 amide bonds. The topological polar surface area (TPSA) is 64.1 Å². The third-order valence-corrected chi connectivity index (χ3v) is 5.40. The van der Waals surface area contributed by atoms with Crippen LogP contribution in [-0.2, 0) is 7.05 Å². The number of carbonyl (C=O) groups is 1. The van der Waals surface area contributed by atoms with Crippen LogP contribution in [0, 0.1) is 23.0 Å². The fraction of sp³-hybridized carbons (Fsp3) is 0.217. The van der Waals surface area contributed by atoms with E-state index >= 15 is 0 Å². The third-order valence-electron chi connectivity index (χ3n) is 5.40. The second kappa shape index (κ2) is 7.00. The average Bonchev–Trinajstić information content (AvgIpc) is 3.55. The first-order valence-electron chi connectivity index (χ1n) is 9.36. The lowest BCUT2D eigenvalue weighted by atomic mass is 9.90. The molecule has 0 N–H and O–H groups in total. The Kier molecular flexibility index (Phi) is 4.51. The number of carbonyl (C=O) groups excluding carboxylic acids is 1. The second-order valence-electron chi connectivity index (χ2n) is 7.22. The third kappa shape index (κ3) is 2.99. The lowest BCUT2D eigenvalue weighted by Gasteiger charge is -2.14. The van der Waals surface area contributed by atoms with Gasteiger partial charge in [0.1, 0.15) is 7.05 Å². The fourth-order valence-corrected chi connectivity index (χ4v) is 3.75. The summed E-state index contributed by atoms with van der Waals surface area (Å²) in [5.41, 5.74) is 3.59. The van der Waals surface area contributed by atoms with Gasteiger partial charge in [-0.3, -0.25) is 14.9 Å². The van der Waals surface area contributed by atoms with E-state index < -0.39 is 0 Å². The van der Waals surface area contributed by atoms with Crippen molar-refractivity contribution in [1.82, 2.24) is 0 Å². The van der Waals surface area contributed by atoms with E-state index in [-0.39, 0.29) is 22.3 Å². The summed E-state index contributed by atoms with van der Waals surface area (Å²) in [6.45, 7) is 1.87. The Hall–Kier alpha value is -3.34. The molecular weight excluding hydrogens is 352 g/mol. The minimum atomic E-state index is -0.353. The molecule has 28 heavy (non-hydrogen) atoms. The number of nitrogens with zero attached hydrogens (tertiary/aromatic N) is 2. The molecule has 1 saturated carbocycles. The molecule has 1 aliphatic rings. The maximum atomic E-state index is 13.2. The van der Waals surface area contributed by atoms with Gasteiger partial charge in [-0.1, -0.05) is 48.5 Å². The molecule has 1 heterocycles. The van der Waals surface area contributed by atoms with E-state index in [2.05, 4.69) is 0 Å². The number of rotatable bonds is 5. The van der Waals surface area contributed by atoms with E-state index in [1.54, 1.807) is 11.6 Å². The Balaban J connectivity index is 2.15. The molecule has 1 fully saturated rings. The van der Waals surface area contributed by atoms with Gasteiger partial charge in [-0.15, -0.1) is 0 Å². The summed E-state index contributed by atoms with van der Waals surface area (Å²) in [4.78, 5) is 25.1. The highest BCUT2D eigenvalue weighted by Crippen LogP contribution is 2.43. The van der Waals surface area contributed by atoms with Crippen molar-refractivity contribution in [2.45, 2.75) is 19.8 Å². The Labute approximate surface area is 163 Å². The summed E-state index contributed by atoms with van der Waals surface area (Å²) in [7, 11) is 1.79. The molecule has 140 valence electrons. The van der Waals surface area contributed by atoms with Crippen molar-refractivity contribution in [2.24, 2.45) is 13.0 Å². The molecule has 1 aromatic heterocycles. The van der Waals surface area contributed by atoms with Crippen molar-refractivity contribution in [1.29, 1.82) is 0 Å². The Morgan fingerprint density at radius 3 is 2.04 bits per heavy atom. The van der Waals surface area contributed by atoms with Gasteiger partial charge in [0.15, 0.2) is 11.5 Å². The Morgan fingerprint density at radius 2 is 1.54 bits per heavy atom. The predicted octanol–water partition coefficient (Wildman–Crippen LogP) is 4.65. The minimum absolute atomic E-state index is 0.00895. The number of Topliss-reactive ketones (excluding diaryl/α,β-unsaturated/α-hetero) is 1. The maximum Gasteiger partial charge on any atom is 0.349 e. The number of hydrogen-bond donors (Lipinski definition) is 0. The second-order valence-corrected chi connectivity index (χ2v) is 7.22. The van der Waals surface area contributed by atoms with Gasteiger partial charge in [0.05, 0.1) is 21.6 Å². The van der Waals surface area contributed by atoms with Crippen LogP contribution in [0.15, 0.2) is 60.7 Å². The molecule has 0 aliphatic heterocycles. The van der Waals surface area contributed by atoms with E-state index in [1.807, 2.05) is 67.6 Å². The molecule has 0 bridgehead atoms. The highest BCUT2D eigenvalue weighted by Gasteiger charge is 2.42. The highest BCUT2D eigenvalue weighted by molar-refractivity contribution is 6.08. The van der Waals surface area contributed by atoms with Crippen molar-refractivity contribution in [3.8, 4) is 22.4 Å². The number of pyridine rings is 1. The van der Waals surface area contributed by atoms with Gasteiger partial charge in [0, 0.05) is 12.8 Å². The zero-order valence-electron chi connectivity index (χ0n) is 15.9. The van der Waals surface area contributed by atoms with Gasteiger partial charge in [0.25, 0.3) is 5.69 Å². The summed E-state index contributed by atoms with van der Waals surface area (Å²) in [6.07, 6.45) is 1.70. The van der Waals surface area contributed by atoms with Gasteiger partial charge in [0.2, 0.25) is 0 Å². The highest BCUT2D eigenvalue weighted by atomic mass is 16.6. The largest absolute Gasteiger partial charge is 0.349 e. The molecule has 0 radical (unpaired) electrons. The fourth-order valence-electron chi connectivity index (χ4n) is 3.75. The van der Waals surface area contributed by atoms with Crippen LogP contribution in [0.5, 0.6) is 0 Å². The number of ketones is 1. The number of hydrogen-bond acceptors (Lipinski definition) is 3. The SMILES string of the molecule is Cc1c(C(=O)C2CC2)c(-c2ccccc2)c([N+](=O)[O-])c(-c2ccccc2)[n+]1C. The number of benzene rings is 2. The summed E-state index contributed by atoms with van der Waals surface area (Å²) < 4.78 is 1.79. The molecule has 3 aromatic rings. The zero-order chi connectivity index (χ0) is 19.8. The normalized spacial score (nSPS) is 13.4. The summed E-state index contributed by atoms with van der Waals surface area (Å²) >= 11 is 0. The predicted molar refractivity (Wildman–Crippen MR) is 107 cm³/mol. The first-order valence-corrected chi connectivity index (χ1v) is 9.36. The first kappa shape index (κ1) is 18.0. The standard InChI is InChI=1S/C23H21N2O3/c1-15-19(23(26)18-13-14-18)20(16-9-5-3-6-10-16)22(25(27)28)21(24(15)2)17-11-7-4-8-12-17/h3-12,18H,13-14H2,1-2H3/q+1. The van der Waals surface area contributed by atoms with Crippen molar-refractivity contribution in [2.75, 3.05) is 0 Å². The maximum absolute atomic E-state index is 13.2. The molecule has 0 atom stereocenters. The van der Waals surface area contributed by atoms with E-state index in [1.165, 1.54) is 0 Å². The van der Waals surface area contributed by atoms with Gasteiger partial charge in [-0.05, 0) is 30.5 Å². The van der Waals surface area contributed by atoms with Gasteiger partial charge >= 0.3 is 5.69 Å². The van der Waals surface area contributed by atoms with Crippen LogP contribution < -0.4 is 4.57 Å². The van der Waals surface area contributed by atoms with Crippen LogP contribution in [0.2, 0.25) is 0 Å². The van der Waals surface area contributed by atoms with Crippen molar-refractivity contribution in [3.63, 3.8) is 0 Å². The van der Waals surface area contributed by atoms with Crippen LogP contribution in [0.3, 0.4) is 0 Å². The molecule has 2 aromatic carbocycles. The van der Waals surface area contributed by atoms with Crippen LogP contribution >= 0.6 is 0 Å². The van der Waals surface area contributed by atoms with Crippen LogP contribution in [0.1, 0.15) is 28.9 Å². The molecule has 0 unspecified atom stereocenters. The smallest absolute Gasteiger partial charge is 0.294 e. The molecular formula is C23H21N2O3+. The Morgan fingerprint density at radius 1 is 1.00 bits per heavy atom. The lowest BCUT2D eigenvalue weighted by molar-refractivity contribution is -0.669. The van der Waals surface area contributed by atoms with Crippen molar-refractivity contribution >= 4 is 11.5 Å². The molecule has 0 saturated heterocycles. The van der Waals surface area contributed by atoms with Crippen molar-refractivity contribution < 1.29 is 14.3 Å². The van der Waals surface area contributed by atoms with Gasteiger partial charge < -0.3 is 0 Å². The number of aromatic nitrogens is 1. The average molecular weight is 373 g/mol. The van der Waals surface area contributed by atoms with Gasteiger partial charge in [-0.2, -0.15) is 4.57 Å². The summed E-state index contributed by atoms with van der Waals surface area (Å²) in [5, 5.41) is 12.3. The molecule has 4 rings (SSSR count). The lowest BCUT2D eigenvalue weighted by Crippen LogP contribution is -2.38. The Bertz CT molecular complexity index is 1070. The zero-order valence-corrected chi connectivity index (χ0v) is 15.9. The van der Waals surface area contributed by atoms with E-state index in [9.17, 15) is 14.9 Å². The quantitative estimate of drug-likeness (QED) is 0.283. The van der Waals surface area contributed by atoms with Crippen LogP contribution in [0.4, 0.5) is 5.69 Å². The van der Waals surface area contributed by atoms with Gasteiger partial charge in [-0.25, -0.2) is 0 Å². The molecule has 0 spiro atoms. The van der Waals surface area contributed by atoms with E-state index in [0.29, 0.717) is 22.4 Å². The monoisotopic (exact) mass is 373 g/mol. The van der Waals surface area contributed by atoms with Crippen LogP contribution in [-0.4, -0.2) is 10.7 Å². The van der Waals surface area contributed by atoms with Crippen LogP contribution in [0.25, 0.3) is 22.4 Å². The molecule has 5 nitrogen and oxygen atoms in total. The summed E-state index contributed by atoms with van der Waals surface area (Å²) in [5.74, 6) is -0.0157. The van der Waals surface area contributed by atoms with E-state index in [4.69, 9.17) is 0 Å². The molecule has 5 heteroatoms. The molecule has 1 aliphatic carbocycles. The van der Waals surface area contributed by atoms with Crippen molar-refractivity contribution in [3.05, 3.63) is 82.0 Å². The minimum Gasteiger partial charge on any atom is -0.294 e.